The summed E-state index contributed by atoms with van der Waals surface area (Å²) in [4.78, 5) is 16.2. The van der Waals surface area contributed by atoms with Gasteiger partial charge in [-0.15, -0.1) is 0 Å². The summed E-state index contributed by atoms with van der Waals surface area (Å²) in [5.74, 6) is 0.273. The number of aryl methyl sites for hydroxylation is 3. The minimum absolute atomic E-state index is 0.273. The monoisotopic (exact) mass is 383 g/mol. The SMILES string of the molecule is Cc1nn(C)c2ccc(-c3ccc(CCCC(=O)Cc4cccnc4)cc3)cc12. The molecule has 2 aromatic heterocycles. The highest BCUT2D eigenvalue weighted by Gasteiger charge is 2.08. The summed E-state index contributed by atoms with van der Waals surface area (Å²) in [6, 6.07) is 19.0. The first-order valence-corrected chi connectivity index (χ1v) is 10.0. The van der Waals surface area contributed by atoms with Gasteiger partial charge in [0.2, 0.25) is 0 Å². The molecule has 0 spiro atoms. The highest BCUT2D eigenvalue weighted by molar-refractivity contribution is 5.87. The van der Waals surface area contributed by atoms with Crippen molar-refractivity contribution in [2.24, 2.45) is 7.05 Å². The molecule has 0 fully saturated rings. The number of pyridine rings is 1. The second kappa shape index (κ2) is 8.39. The number of Topliss-reactive ketones (excluding diaryl/α,β-unsaturated/α-hetero) is 1. The second-order valence-corrected chi connectivity index (χ2v) is 7.57. The first-order chi connectivity index (χ1) is 14.1. The van der Waals surface area contributed by atoms with Crippen molar-refractivity contribution in [2.45, 2.75) is 32.6 Å². The maximum Gasteiger partial charge on any atom is 0.137 e. The summed E-state index contributed by atoms with van der Waals surface area (Å²) in [5, 5.41) is 5.69. The van der Waals surface area contributed by atoms with Crippen LogP contribution >= 0.6 is 0 Å². The summed E-state index contributed by atoms with van der Waals surface area (Å²) in [5.41, 5.74) is 6.86. The van der Waals surface area contributed by atoms with Gasteiger partial charge < -0.3 is 0 Å². The van der Waals surface area contributed by atoms with Crippen LogP contribution in [0.1, 0.15) is 29.7 Å². The number of rotatable bonds is 7. The van der Waals surface area contributed by atoms with E-state index in [1.807, 2.05) is 30.8 Å². The molecule has 0 radical (unpaired) electrons. The predicted octanol–water partition coefficient (Wildman–Crippen LogP) is 5.08. The normalized spacial score (nSPS) is 11.1. The van der Waals surface area contributed by atoms with Crippen LogP contribution in [0.15, 0.2) is 67.0 Å². The second-order valence-electron chi connectivity index (χ2n) is 7.57. The summed E-state index contributed by atoms with van der Waals surface area (Å²) in [6.07, 6.45) is 6.37. The molecule has 2 heterocycles. The largest absolute Gasteiger partial charge is 0.299 e. The van der Waals surface area contributed by atoms with Gasteiger partial charge in [0.25, 0.3) is 0 Å². The fourth-order valence-electron chi connectivity index (χ4n) is 3.79. The third-order valence-corrected chi connectivity index (χ3v) is 5.37. The molecule has 0 bridgehead atoms. The van der Waals surface area contributed by atoms with E-state index in [0.717, 1.165) is 29.6 Å². The molecule has 29 heavy (non-hydrogen) atoms. The zero-order chi connectivity index (χ0) is 20.2. The Bertz CT molecular complexity index is 1130. The number of hydrogen-bond acceptors (Lipinski definition) is 3. The highest BCUT2D eigenvalue weighted by Crippen LogP contribution is 2.26. The number of ketones is 1. The van der Waals surface area contributed by atoms with Gasteiger partial charge in [-0.25, -0.2) is 0 Å². The molecule has 4 nitrogen and oxygen atoms in total. The highest BCUT2D eigenvalue weighted by atomic mass is 16.1. The van der Waals surface area contributed by atoms with Gasteiger partial charge in [-0.2, -0.15) is 5.10 Å². The van der Waals surface area contributed by atoms with E-state index in [2.05, 4.69) is 52.5 Å². The molecule has 0 aliphatic heterocycles. The van der Waals surface area contributed by atoms with Crippen molar-refractivity contribution >= 4 is 16.7 Å². The van der Waals surface area contributed by atoms with E-state index in [4.69, 9.17) is 0 Å². The molecule has 0 atom stereocenters. The Kier molecular flexibility index (Phi) is 5.52. The molecule has 0 aliphatic rings. The summed E-state index contributed by atoms with van der Waals surface area (Å²) in [6.45, 7) is 2.05. The molecule has 2 aromatic carbocycles. The molecule has 4 aromatic rings. The van der Waals surface area contributed by atoms with Crippen LogP contribution in [0, 0.1) is 6.92 Å². The van der Waals surface area contributed by atoms with Gasteiger partial charge in [-0.1, -0.05) is 36.4 Å². The van der Waals surface area contributed by atoms with Crippen molar-refractivity contribution < 1.29 is 4.79 Å². The van der Waals surface area contributed by atoms with Gasteiger partial charge in [0.15, 0.2) is 0 Å². The average Bonchev–Trinajstić information content (AvgIpc) is 3.02. The third kappa shape index (κ3) is 4.43. The van der Waals surface area contributed by atoms with Crippen LogP contribution in [0.5, 0.6) is 0 Å². The van der Waals surface area contributed by atoms with Gasteiger partial charge >= 0.3 is 0 Å². The van der Waals surface area contributed by atoms with Crippen molar-refractivity contribution in [1.82, 2.24) is 14.8 Å². The van der Waals surface area contributed by atoms with Crippen LogP contribution < -0.4 is 0 Å². The topological polar surface area (TPSA) is 47.8 Å². The molecule has 0 saturated heterocycles. The van der Waals surface area contributed by atoms with E-state index in [0.29, 0.717) is 12.8 Å². The molecule has 0 aliphatic carbocycles. The Balaban J connectivity index is 1.36. The van der Waals surface area contributed by atoms with Crippen molar-refractivity contribution in [2.75, 3.05) is 0 Å². The van der Waals surface area contributed by atoms with E-state index in [1.54, 1.807) is 12.4 Å². The average molecular weight is 383 g/mol. The smallest absolute Gasteiger partial charge is 0.137 e. The minimum atomic E-state index is 0.273. The number of carbonyl (C=O) groups is 1. The predicted molar refractivity (Wildman–Crippen MR) is 117 cm³/mol. The maximum absolute atomic E-state index is 12.1. The standard InChI is InChI=1S/C25H25N3O/c1-18-24-16-22(12-13-25(24)28(2)27-18)21-10-8-19(9-11-21)5-3-7-23(29)15-20-6-4-14-26-17-20/h4,6,8-14,16-17H,3,5,7,15H2,1-2H3. The van der Waals surface area contributed by atoms with Gasteiger partial charge in [-0.3, -0.25) is 14.5 Å². The lowest BCUT2D eigenvalue weighted by molar-refractivity contribution is -0.118. The Labute approximate surface area is 171 Å². The van der Waals surface area contributed by atoms with Crippen LogP contribution in [0.25, 0.3) is 22.0 Å². The number of nitrogens with zero attached hydrogens (tertiary/aromatic N) is 3. The van der Waals surface area contributed by atoms with Crippen LogP contribution in [0.3, 0.4) is 0 Å². The minimum Gasteiger partial charge on any atom is -0.299 e. The van der Waals surface area contributed by atoms with Gasteiger partial charge in [0, 0.05) is 37.7 Å². The molecule has 146 valence electrons. The first-order valence-electron chi connectivity index (χ1n) is 10.0. The zero-order valence-corrected chi connectivity index (χ0v) is 16.9. The number of fused-ring (bicyclic) bond motifs is 1. The lowest BCUT2D eigenvalue weighted by atomic mass is 9.99. The van der Waals surface area contributed by atoms with E-state index < -0.39 is 0 Å². The molecule has 0 N–H and O–H groups in total. The van der Waals surface area contributed by atoms with Gasteiger partial charge in [0.05, 0.1) is 11.2 Å². The molecule has 0 amide bonds. The van der Waals surface area contributed by atoms with Crippen LogP contribution in [-0.2, 0) is 24.7 Å². The molecule has 0 unspecified atom stereocenters. The quantitative estimate of drug-likeness (QED) is 0.447. The molecule has 0 saturated carbocycles. The van der Waals surface area contributed by atoms with E-state index in [1.165, 1.54) is 22.1 Å². The fraction of sp³-hybridized carbons (Fsp3) is 0.240. The third-order valence-electron chi connectivity index (χ3n) is 5.37. The van der Waals surface area contributed by atoms with Crippen molar-refractivity contribution in [3.05, 3.63) is 83.8 Å². The summed E-state index contributed by atoms with van der Waals surface area (Å²) < 4.78 is 1.92. The van der Waals surface area contributed by atoms with Gasteiger partial charge in [-0.05, 0) is 60.2 Å². The Hall–Kier alpha value is -3.27. The Morgan fingerprint density at radius 3 is 2.55 bits per heavy atom. The molecule has 4 heteroatoms. The zero-order valence-electron chi connectivity index (χ0n) is 16.9. The van der Waals surface area contributed by atoms with Crippen molar-refractivity contribution in [1.29, 1.82) is 0 Å². The van der Waals surface area contributed by atoms with Gasteiger partial charge in [0.1, 0.15) is 5.78 Å². The molecular formula is C25H25N3O. The van der Waals surface area contributed by atoms with E-state index >= 15 is 0 Å². The Morgan fingerprint density at radius 2 is 1.79 bits per heavy atom. The first kappa shape index (κ1) is 19.1. The van der Waals surface area contributed by atoms with E-state index in [-0.39, 0.29) is 5.78 Å². The number of aromatic nitrogens is 3. The fourth-order valence-corrected chi connectivity index (χ4v) is 3.79. The summed E-state index contributed by atoms with van der Waals surface area (Å²) in [7, 11) is 1.98. The van der Waals surface area contributed by atoms with Crippen LogP contribution in [0.4, 0.5) is 0 Å². The lowest BCUT2D eigenvalue weighted by Crippen LogP contribution is -2.03. The molecular weight excluding hydrogens is 358 g/mol. The lowest BCUT2D eigenvalue weighted by Gasteiger charge is -2.06. The van der Waals surface area contributed by atoms with Crippen LogP contribution in [0.2, 0.25) is 0 Å². The maximum atomic E-state index is 12.1. The number of benzene rings is 2. The van der Waals surface area contributed by atoms with Crippen LogP contribution in [-0.4, -0.2) is 20.5 Å². The van der Waals surface area contributed by atoms with Crippen molar-refractivity contribution in [3.63, 3.8) is 0 Å². The molecule has 4 rings (SSSR count). The number of carbonyl (C=O) groups excluding carboxylic acids is 1. The van der Waals surface area contributed by atoms with Crippen molar-refractivity contribution in [3.8, 4) is 11.1 Å². The number of hydrogen-bond donors (Lipinski definition) is 0. The summed E-state index contributed by atoms with van der Waals surface area (Å²) >= 11 is 0. The van der Waals surface area contributed by atoms with E-state index in [9.17, 15) is 4.79 Å². The Morgan fingerprint density at radius 1 is 1.00 bits per heavy atom.